The van der Waals surface area contributed by atoms with Crippen molar-refractivity contribution in [2.75, 3.05) is 44.6 Å². The average Bonchev–Trinajstić information content (AvgIpc) is 2.85. The van der Waals surface area contributed by atoms with Crippen LogP contribution in [0.2, 0.25) is 0 Å². The molecule has 2 amide bonds. The Morgan fingerprint density at radius 3 is 2.03 bits per heavy atom. The van der Waals surface area contributed by atoms with E-state index in [4.69, 9.17) is 0 Å². The quantitative estimate of drug-likeness (QED) is 0.413. The molecule has 0 bridgehead atoms. The van der Waals surface area contributed by atoms with Crippen molar-refractivity contribution in [1.29, 1.82) is 0 Å². The molecule has 2 fully saturated rings. The van der Waals surface area contributed by atoms with E-state index in [0.29, 0.717) is 25.2 Å². The van der Waals surface area contributed by atoms with Crippen molar-refractivity contribution in [2.45, 2.75) is 24.9 Å². The fourth-order valence-corrected chi connectivity index (χ4v) is 5.09. The summed E-state index contributed by atoms with van der Waals surface area (Å²) in [6.45, 7) is 4.51. The van der Waals surface area contributed by atoms with Crippen LogP contribution >= 0.6 is 0 Å². The number of benzene rings is 3. The van der Waals surface area contributed by atoms with Gasteiger partial charge in [0, 0.05) is 62.9 Å². The smallest absolute Gasteiger partial charge is 0.416 e. The minimum Gasteiger partial charge on any atom is -0.507 e. The average molecular weight is 553 g/mol. The van der Waals surface area contributed by atoms with Crippen molar-refractivity contribution in [2.24, 2.45) is 0 Å². The number of hydrogen-bond acceptors (Lipinski definition) is 4. The van der Waals surface area contributed by atoms with Gasteiger partial charge in [0.2, 0.25) is 0 Å². The zero-order chi connectivity index (χ0) is 27.9. The molecule has 0 unspecified atom stereocenters. The Bertz CT molecular complexity index is 1330. The van der Waals surface area contributed by atoms with Gasteiger partial charge < -0.3 is 15.3 Å². The molecule has 2 aliphatic rings. The number of likely N-dealkylation sites (tertiary alicyclic amines) is 1. The minimum atomic E-state index is -4.99. The molecule has 2 N–H and O–H groups in total. The van der Waals surface area contributed by atoms with Crippen molar-refractivity contribution < 1.29 is 36.2 Å². The highest BCUT2D eigenvalue weighted by atomic mass is 19.4. The molecule has 0 spiro atoms. The predicted molar refractivity (Wildman–Crippen MR) is 133 cm³/mol. The van der Waals surface area contributed by atoms with Crippen LogP contribution in [0, 0.1) is 0 Å². The lowest BCUT2D eigenvalue weighted by molar-refractivity contribution is -0.143. The monoisotopic (exact) mass is 552 g/mol. The zero-order valence-corrected chi connectivity index (χ0v) is 20.7. The van der Waals surface area contributed by atoms with Crippen LogP contribution in [-0.2, 0) is 18.9 Å². The first-order chi connectivity index (χ1) is 18.4. The van der Waals surface area contributed by atoms with Gasteiger partial charge in [-0.05, 0) is 35.2 Å². The molecular weight excluding hydrogens is 526 g/mol. The second kappa shape index (κ2) is 10.2. The number of urea groups is 1. The van der Waals surface area contributed by atoms with Crippen LogP contribution in [0.25, 0.3) is 10.8 Å². The molecule has 208 valence electrons. The van der Waals surface area contributed by atoms with Gasteiger partial charge in [-0.3, -0.25) is 9.80 Å². The third kappa shape index (κ3) is 5.91. The fourth-order valence-electron chi connectivity index (χ4n) is 5.09. The number of amides is 2. The topological polar surface area (TPSA) is 59.1 Å². The largest absolute Gasteiger partial charge is 0.507 e. The highest BCUT2D eigenvalue weighted by Crippen LogP contribution is 2.38. The lowest BCUT2D eigenvalue weighted by atomic mass is 10.0. The predicted octanol–water partition coefficient (Wildman–Crippen LogP) is 5.62. The van der Waals surface area contributed by atoms with Gasteiger partial charge in [-0.1, -0.05) is 30.3 Å². The molecule has 0 radical (unpaired) electrons. The lowest BCUT2D eigenvalue weighted by Gasteiger charge is -2.48. The number of phenolic OH excluding ortho intramolecular Hbond substituents is 1. The summed E-state index contributed by atoms with van der Waals surface area (Å²) >= 11 is 0. The number of aromatic hydroxyl groups is 1. The first kappa shape index (κ1) is 27.1. The van der Waals surface area contributed by atoms with E-state index in [1.54, 1.807) is 6.07 Å². The van der Waals surface area contributed by atoms with Crippen molar-refractivity contribution in [1.82, 2.24) is 14.7 Å². The first-order valence-corrected chi connectivity index (χ1v) is 12.4. The van der Waals surface area contributed by atoms with Crippen molar-refractivity contribution in [3.05, 3.63) is 71.3 Å². The van der Waals surface area contributed by atoms with Crippen LogP contribution in [0.5, 0.6) is 5.75 Å². The molecule has 0 saturated carbocycles. The summed E-state index contributed by atoms with van der Waals surface area (Å²) in [5, 5.41) is 14.1. The van der Waals surface area contributed by atoms with Crippen molar-refractivity contribution in [3.8, 4) is 5.75 Å². The normalized spacial score (nSPS) is 17.8. The Morgan fingerprint density at radius 1 is 0.846 bits per heavy atom. The summed E-state index contributed by atoms with van der Waals surface area (Å²) < 4.78 is 78.6. The molecular formula is C27H26F6N4O2. The molecule has 2 aliphatic heterocycles. The summed E-state index contributed by atoms with van der Waals surface area (Å²) in [6.07, 6.45) is -9.97. The van der Waals surface area contributed by atoms with E-state index in [9.17, 15) is 36.2 Å². The number of nitrogens with zero attached hydrogens (tertiary/aromatic N) is 3. The first-order valence-electron chi connectivity index (χ1n) is 12.4. The van der Waals surface area contributed by atoms with Gasteiger partial charge >= 0.3 is 18.4 Å². The van der Waals surface area contributed by atoms with E-state index < -0.39 is 35.2 Å². The van der Waals surface area contributed by atoms with Crippen LogP contribution in [0.15, 0.2) is 54.6 Å². The van der Waals surface area contributed by atoms with Gasteiger partial charge in [0.15, 0.2) is 0 Å². The molecule has 6 nitrogen and oxygen atoms in total. The zero-order valence-electron chi connectivity index (χ0n) is 20.7. The van der Waals surface area contributed by atoms with Gasteiger partial charge in [-0.15, -0.1) is 0 Å². The van der Waals surface area contributed by atoms with E-state index in [1.165, 1.54) is 4.90 Å². The lowest BCUT2D eigenvalue weighted by Crippen LogP contribution is -2.64. The Hall–Kier alpha value is -3.51. The van der Waals surface area contributed by atoms with Crippen molar-refractivity contribution in [3.63, 3.8) is 0 Å². The molecule has 2 saturated heterocycles. The Balaban J connectivity index is 1.14. The number of fused-ring (bicyclic) bond motifs is 1. The second-order valence-corrected chi connectivity index (χ2v) is 9.89. The molecule has 5 rings (SSSR count). The van der Waals surface area contributed by atoms with Crippen LogP contribution in [0.4, 0.5) is 36.8 Å². The number of alkyl halides is 6. The number of phenols is 1. The van der Waals surface area contributed by atoms with E-state index in [-0.39, 0.29) is 17.9 Å². The Morgan fingerprint density at radius 2 is 1.44 bits per heavy atom. The third-order valence-electron chi connectivity index (χ3n) is 7.30. The van der Waals surface area contributed by atoms with Gasteiger partial charge in [0.05, 0.1) is 11.1 Å². The number of carbonyl (C=O) groups excluding carboxylic acids is 1. The molecule has 0 aromatic heterocycles. The second-order valence-electron chi connectivity index (χ2n) is 9.89. The fraction of sp³-hybridized carbons (Fsp3) is 0.370. The number of carbonyl (C=O) groups is 1. The maximum absolute atomic E-state index is 13.1. The van der Waals surface area contributed by atoms with Crippen LogP contribution < -0.4 is 5.32 Å². The number of rotatable bonds is 4. The van der Waals surface area contributed by atoms with E-state index in [2.05, 4.69) is 15.1 Å². The number of nitrogens with one attached hydrogen (secondary N) is 1. The third-order valence-corrected chi connectivity index (χ3v) is 7.30. The van der Waals surface area contributed by atoms with Crippen LogP contribution in [0.3, 0.4) is 0 Å². The Kier molecular flexibility index (Phi) is 7.10. The number of halogens is 6. The molecule has 39 heavy (non-hydrogen) atoms. The highest BCUT2D eigenvalue weighted by Gasteiger charge is 2.39. The van der Waals surface area contributed by atoms with Crippen LogP contribution in [0.1, 0.15) is 16.7 Å². The maximum atomic E-state index is 13.1. The van der Waals surface area contributed by atoms with Gasteiger partial charge in [0.1, 0.15) is 5.75 Å². The van der Waals surface area contributed by atoms with E-state index in [0.717, 1.165) is 49.1 Å². The van der Waals surface area contributed by atoms with E-state index in [1.807, 2.05) is 30.3 Å². The van der Waals surface area contributed by atoms with Gasteiger partial charge in [-0.2, -0.15) is 26.3 Å². The van der Waals surface area contributed by atoms with Gasteiger partial charge in [-0.25, -0.2) is 4.79 Å². The SMILES string of the molecule is O=C(Nc1cc(C(F)(F)F)cc(C(F)(F)F)c1)N1CC(N2CCN(Cc3ccc(O)c4ccccc34)CC2)C1. The minimum absolute atomic E-state index is 0.0269. The highest BCUT2D eigenvalue weighted by molar-refractivity contribution is 5.91. The maximum Gasteiger partial charge on any atom is 0.416 e. The van der Waals surface area contributed by atoms with E-state index >= 15 is 0 Å². The molecule has 0 aliphatic carbocycles. The summed E-state index contributed by atoms with van der Waals surface area (Å²) in [6, 6.07) is 11.7. The Labute approximate surface area is 220 Å². The molecule has 0 atom stereocenters. The summed E-state index contributed by atoms with van der Waals surface area (Å²) in [5.74, 6) is 0.242. The summed E-state index contributed by atoms with van der Waals surface area (Å²) in [7, 11) is 0. The van der Waals surface area contributed by atoms with Crippen LogP contribution in [-0.4, -0.2) is 71.1 Å². The number of piperazine rings is 1. The van der Waals surface area contributed by atoms with Gasteiger partial charge in [0.25, 0.3) is 0 Å². The van der Waals surface area contributed by atoms with Crippen molar-refractivity contribution >= 4 is 22.5 Å². The summed E-state index contributed by atoms with van der Waals surface area (Å²) in [5.41, 5.74) is -2.40. The molecule has 3 aromatic carbocycles. The molecule has 12 heteroatoms. The number of anilines is 1. The number of hydrogen-bond donors (Lipinski definition) is 2. The molecule has 2 heterocycles. The molecule has 3 aromatic rings. The standard InChI is InChI=1S/C27H26F6N4O2/c28-26(29,30)18-11-19(27(31,32)33)13-20(12-18)34-25(39)37-15-21(16-37)36-9-7-35(8-10-36)14-17-5-6-24(38)23-4-2-1-3-22(17)23/h1-6,11-13,21,38H,7-10,14-16H2,(H,34,39). The summed E-state index contributed by atoms with van der Waals surface area (Å²) in [4.78, 5) is 18.5.